The topological polar surface area (TPSA) is 74.3 Å². The van der Waals surface area contributed by atoms with Crippen LogP contribution >= 0.6 is 0 Å². The summed E-state index contributed by atoms with van der Waals surface area (Å²) >= 11 is 0. The normalized spacial score (nSPS) is 10.1. The van der Waals surface area contributed by atoms with Crippen molar-refractivity contribution in [2.24, 2.45) is 0 Å². The van der Waals surface area contributed by atoms with Gasteiger partial charge in [-0.15, -0.1) is 0 Å². The molecule has 0 saturated carbocycles. The molecular formula is C20H23NO6. The molecule has 0 aromatic heterocycles. The first-order chi connectivity index (χ1) is 13.0. The van der Waals surface area contributed by atoms with Gasteiger partial charge in [-0.25, -0.2) is 4.79 Å². The molecule has 2 aromatic carbocycles. The van der Waals surface area contributed by atoms with Crippen molar-refractivity contribution >= 4 is 11.9 Å². The molecular weight excluding hydrogens is 350 g/mol. The van der Waals surface area contributed by atoms with Crippen molar-refractivity contribution in [1.29, 1.82) is 0 Å². The molecule has 1 amide bonds. The summed E-state index contributed by atoms with van der Waals surface area (Å²) in [5.74, 6) is 0.664. The Labute approximate surface area is 158 Å². The van der Waals surface area contributed by atoms with Gasteiger partial charge < -0.3 is 23.8 Å². The predicted octanol–water partition coefficient (Wildman–Crippen LogP) is 2.53. The van der Waals surface area contributed by atoms with Crippen LogP contribution in [-0.2, 0) is 16.1 Å². The van der Waals surface area contributed by atoms with E-state index in [1.54, 1.807) is 26.3 Å². The van der Waals surface area contributed by atoms with Gasteiger partial charge in [-0.2, -0.15) is 0 Å². The zero-order valence-corrected chi connectivity index (χ0v) is 15.9. The molecule has 0 radical (unpaired) electrons. The van der Waals surface area contributed by atoms with Gasteiger partial charge in [-0.1, -0.05) is 18.2 Å². The fourth-order valence-corrected chi connectivity index (χ4v) is 2.46. The van der Waals surface area contributed by atoms with Crippen LogP contribution in [0.2, 0.25) is 0 Å². The van der Waals surface area contributed by atoms with E-state index in [9.17, 15) is 9.59 Å². The molecule has 2 rings (SSSR count). The number of benzene rings is 2. The molecule has 0 aliphatic carbocycles. The SMILES string of the molecule is COc1ccccc1CN(C)C(=O)COC(=O)c1ccc(OC)c(OC)c1. The van der Waals surface area contributed by atoms with E-state index >= 15 is 0 Å². The van der Waals surface area contributed by atoms with E-state index in [1.165, 1.54) is 25.2 Å². The smallest absolute Gasteiger partial charge is 0.338 e. The number of nitrogens with zero attached hydrogens (tertiary/aromatic N) is 1. The molecule has 144 valence electrons. The summed E-state index contributed by atoms with van der Waals surface area (Å²) in [6.45, 7) is -0.0183. The lowest BCUT2D eigenvalue weighted by molar-refractivity contribution is -0.133. The van der Waals surface area contributed by atoms with Gasteiger partial charge in [0.05, 0.1) is 26.9 Å². The van der Waals surface area contributed by atoms with E-state index in [-0.39, 0.29) is 18.1 Å². The highest BCUT2D eigenvalue weighted by molar-refractivity contribution is 5.92. The Balaban J connectivity index is 1.95. The van der Waals surface area contributed by atoms with Gasteiger partial charge in [0, 0.05) is 19.2 Å². The van der Waals surface area contributed by atoms with Crippen LogP contribution < -0.4 is 14.2 Å². The minimum Gasteiger partial charge on any atom is -0.496 e. The van der Waals surface area contributed by atoms with Crippen LogP contribution in [0.15, 0.2) is 42.5 Å². The second-order valence-electron chi connectivity index (χ2n) is 5.71. The number of likely N-dealkylation sites (N-methyl/N-ethyl adjacent to an activating group) is 1. The maximum Gasteiger partial charge on any atom is 0.338 e. The number of carbonyl (C=O) groups excluding carboxylic acids is 2. The van der Waals surface area contributed by atoms with E-state index < -0.39 is 5.97 Å². The lowest BCUT2D eigenvalue weighted by Gasteiger charge is -2.18. The monoisotopic (exact) mass is 373 g/mol. The van der Waals surface area contributed by atoms with Crippen LogP contribution in [0.25, 0.3) is 0 Å². The number of hydrogen-bond donors (Lipinski definition) is 0. The number of esters is 1. The lowest BCUT2D eigenvalue weighted by atomic mass is 10.2. The summed E-state index contributed by atoms with van der Waals surface area (Å²) in [7, 11) is 6.19. The summed E-state index contributed by atoms with van der Waals surface area (Å²) in [6, 6.07) is 12.1. The molecule has 0 spiro atoms. The minimum absolute atomic E-state index is 0.271. The maximum atomic E-state index is 12.3. The Morgan fingerprint density at radius 2 is 1.56 bits per heavy atom. The fraction of sp³-hybridized carbons (Fsp3) is 0.300. The Kier molecular flexibility index (Phi) is 7.05. The maximum absolute atomic E-state index is 12.3. The van der Waals surface area contributed by atoms with Crippen LogP contribution in [0.3, 0.4) is 0 Å². The predicted molar refractivity (Wildman–Crippen MR) is 99.3 cm³/mol. The van der Waals surface area contributed by atoms with Crippen LogP contribution in [0, 0.1) is 0 Å². The molecule has 7 heteroatoms. The zero-order chi connectivity index (χ0) is 19.8. The third-order valence-corrected chi connectivity index (χ3v) is 3.97. The molecule has 0 aliphatic heterocycles. The number of rotatable bonds is 8. The molecule has 0 aliphatic rings. The number of ether oxygens (including phenoxy) is 4. The first-order valence-electron chi connectivity index (χ1n) is 8.25. The van der Waals surface area contributed by atoms with Crippen LogP contribution in [0.1, 0.15) is 15.9 Å². The number of para-hydroxylation sites is 1. The van der Waals surface area contributed by atoms with Gasteiger partial charge in [-0.05, 0) is 24.3 Å². The van der Waals surface area contributed by atoms with Crippen molar-refractivity contribution in [3.63, 3.8) is 0 Å². The Hall–Kier alpha value is -3.22. The van der Waals surface area contributed by atoms with Gasteiger partial charge in [0.1, 0.15) is 5.75 Å². The average molecular weight is 373 g/mol. The second kappa shape index (κ2) is 9.47. The van der Waals surface area contributed by atoms with Gasteiger partial charge in [-0.3, -0.25) is 4.79 Å². The first-order valence-corrected chi connectivity index (χ1v) is 8.25. The molecule has 2 aromatic rings. The van der Waals surface area contributed by atoms with Crippen molar-refractivity contribution in [3.05, 3.63) is 53.6 Å². The summed E-state index contributed by atoms with van der Waals surface area (Å²) < 4.78 is 20.7. The zero-order valence-electron chi connectivity index (χ0n) is 15.9. The highest BCUT2D eigenvalue weighted by Crippen LogP contribution is 2.27. The number of amides is 1. The number of carbonyl (C=O) groups is 2. The van der Waals surface area contributed by atoms with E-state index in [4.69, 9.17) is 18.9 Å². The van der Waals surface area contributed by atoms with Crippen molar-refractivity contribution < 1.29 is 28.5 Å². The number of hydrogen-bond acceptors (Lipinski definition) is 6. The minimum atomic E-state index is -0.616. The third kappa shape index (κ3) is 5.13. The Bertz CT molecular complexity index is 805. The molecule has 0 heterocycles. The van der Waals surface area contributed by atoms with E-state index in [2.05, 4.69) is 0 Å². The quantitative estimate of drug-likeness (QED) is 0.662. The Morgan fingerprint density at radius 1 is 0.889 bits per heavy atom. The van der Waals surface area contributed by atoms with E-state index in [0.29, 0.717) is 23.8 Å². The molecule has 0 saturated heterocycles. The molecule has 0 bridgehead atoms. The summed E-state index contributed by atoms with van der Waals surface area (Å²) in [5.41, 5.74) is 1.13. The van der Waals surface area contributed by atoms with Gasteiger partial charge in [0.15, 0.2) is 18.1 Å². The van der Waals surface area contributed by atoms with Crippen molar-refractivity contribution in [2.75, 3.05) is 35.0 Å². The molecule has 0 unspecified atom stereocenters. The van der Waals surface area contributed by atoms with E-state index in [1.807, 2.05) is 24.3 Å². The van der Waals surface area contributed by atoms with Crippen LogP contribution in [0.5, 0.6) is 17.2 Å². The van der Waals surface area contributed by atoms with Gasteiger partial charge in [0.2, 0.25) is 0 Å². The summed E-state index contributed by atoms with van der Waals surface area (Å²) in [6.07, 6.45) is 0. The van der Waals surface area contributed by atoms with Crippen LogP contribution in [-0.4, -0.2) is 51.8 Å². The third-order valence-electron chi connectivity index (χ3n) is 3.97. The van der Waals surface area contributed by atoms with Crippen molar-refractivity contribution in [2.45, 2.75) is 6.54 Å². The average Bonchev–Trinajstić information content (AvgIpc) is 2.71. The molecule has 0 N–H and O–H groups in total. The first kappa shape index (κ1) is 20.1. The highest BCUT2D eigenvalue weighted by Gasteiger charge is 2.16. The Morgan fingerprint density at radius 3 is 2.22 bits per heavy atom. The van der Waals surface area contributed by atoms with Crippen molar-refractivity contribution in [3.8, 4) is 17.2 Å². The molecule has 0 atom stereocenters. The lowest BCUT2D eigenvalue weighted by Crippen LogP contribution is -2.31. The molecule has 7 nitrogen and oxygen atoms in total. The highest BCUT2D eigenvalue weighted by atomic mass is 16.5. The summed E-state index contributed by atoms with van der Waals surface area (Å²) in [5, 5.41) is 0. The second-order valence-corrected chi connectivity index (χ2v) is 5.71. The van der Waals surface area contributed by atoms with E-state index in [0.717, 1.165) is 5.56 Å². The van der Waals surface area contributed by atoms with Crippen LogP contribution in [0.4, 0.5) is 0 Å². The van der Waals surface area contributed by atoms with Gasteiger partial charge >= 0.3 is 5.97 Å². The van der Waals surface area contributed by atoms with Gasteiger partial charge in [0.25, 0.3) is 5.91 Å². The molecule has 0 fully saturated rings. The standard InChI is InChI=1S/C20H23NO6/c1-21(12-15-7-5-6-8-16(15)24-2)19(22)13-27-20(23)14-9-10-17(25-3)18(11-14)26-4/h5-11H,12-13H2,1-4H3. The number of methoxy groups -OCH3 is 3. The summed E-state index contributed by atoms with van der Waals surface area (Å²) in [4.78, 5) is 25.9. The fourth-order valence-electron chi connectivity index (χ4n) is 2.46. The van der Waals surface area contributed by atoms with Crippen molar-refractivity contribution in [1.82, 2.24) is 4.90 Å². The largest absolute Gasteiger partial charge is 0.496 e. The molecule has 27 heavy (non-hydrogen) atoms.